The van der Waals surface area contributed by atoms with E-state index < -0.39 is 0 Å². The van der Waals surface area contributed by atoms with E-state index in [1.54, 1.807) is 11.3 Å². The number of hydrogen-bond acceptors (Lipinski definition) is 3. The van der Waals surface area contributed by atoms with Crippen molar-refractivity contribution in [2.24, 2.45) is 5.73 Å². The maximum absolute atomic E-state index is 5.49. The molecule has 74 valence electrons. The molecule has 2 aromatic rings. The van der Waals surface area contributed by atoms with Gasteiger partial charge in [0.2, 0.25) is 0 Å². The van der Waals surface area contributed by atoms with Crippen LogP contribution in [0.25, 0.3) is 0 Å². The first-order valence-electron chi connectivity index (χ1n) is 4.61. The normalized spacial score (nSPS) is 10.6. The van der Waals surface area contributed by atoms with Crippen molar-refractivity contribution in [2.75, 3.05) is 6.54 Å². The third-order valence-corrected chi connectivity index (χ3v) is 2.81. The Balaban J connectivity index is 2.03. The molecule has 0 atom stereocenters. The van der Waals surface area contributed by atoms with E-state index in [4.69, 9.17) is 5.73 Å². The van der Waals surface area contributed by atoms with E-state index in [2.05, 4.69) is 28.0 Å². The van der Waals surface area contributed by atoms with Crippen molar-refractivity contribution in [3.8, 4) is 0 Å². The first kappa shape index (κ1) is 9.43. The van der Waals surface area contributed by atoms with E-state index in [1.165, 1.54) is 5.56 Å². The third kappa shape index (κ3) is 2.21. The molecule has 0 saturated carbocycles. The highest BCUT2D eigenvalue weighted by Crippen LogP contribution is 2.08. The predicted molar refractivity (Wildman–Crippen MR) is 58.4 cm³/mol. The van der Waals surface area contributed by atoms with Crippen LogP contribution in [0.5, 0.6) is 0 Å². The minimum atomic E-state index is 0.710. The van der Waals surface area contributed by atoms with E-state index in [0.717, 1.165) is 18.0 Å². The number of nitrogens with zero attached hydrogens (tertiary/aromatic N) is 2. The van der Waals surface area contributed by atoms with Crippen LogP contribution in [0, 0.1) is 0 Å². The molecule has 0 radical (unpaired) electrons. The van der Waals surface area contributed by atoms with Crippen LogP contribution in [0.4, 0.5) is 0 Å². The highest BCUT2D eigenvalue weighted by Gasteiger charge is 1.98. The van der Waals surface area contributed by atoms with E-state index in [0.29, 0.717) is 6.54 Å². The lowest BCUT2D eigenvalue weighted by atomic mass is 10.2. The largest absolute Gasteiger partial charge is 0.347 e. The van der Waals surface area contributed by atoms with Crippen LogP contribution < -0.4 is 5.73 Å². The van der Waals surface area contributed by atoms with Crippen molar-refractivity contribution in [3.05, 3.63) is 40.6 Å². The fourth-order valence-corrected chi connectivity index (χ4v) is 2.01. The Labute approximate surface area is 87.2 Å². The van der Waals surface area contributed by atoms with Gasteiger partial charge < -0.3 is 10.3 Å². The molecule has 14 heavy (non-hydrogen) atoms. The fourth-order valence-electron chi connectivity index (χ4n) is 1.39. The molecule has 0 unspecified atom stereocenters. The summed E-state index contributed by atoms with van der Waals surface area (Å²) < 4.78 is 2.14. The first-order valence-corrected chi connectivity index (χ1v) is 5.49. The van der Waals surface area contributed by atoms with Crippen molar-refractivity contribution in [1.82, 2.24) is 9.55 Å². The highest BCUT2D eigenvalue weighted by atomic mass is 32.1. The molecule has 0 saturated heterocycles. The Morgan fingerprint density at radius 1 is 1.50 bits per heavy atom. The molecule has 2 aromatic heterocycles. The SMILES string of the molecule is NCCc1ccn(Cc2nccs2)c1. The average Bonchev–Trinajstić information content (AvgIpc) is 2.79. The lowest BCUT2D eigenvalue weighted by molar-refractivity contribution is 0.793. The highest BCUT2D eigenvalue weighted by molar-refractivity contribution is 7.09. The molecule has 2 N–H and O–H groups in total. The first-order chi connectivity index (χ1) is 6.88. The second-order valence-electron chi connectivity index (χ2n) is 3.16. The van der Waals surface area contributed by atoms with Gasteiger partial charge in [-0.3, -0.25) is 0 Å². The van der Waals surface area contributed by atoms with Crippen LogP contribution in [-0.4, -0.2) is 16.1 Å². The summed E-state index contributed by atoms with van der Waals surface area (Å²) in [6.07, 6.45) is 7.00. The smallest absolute Gasteiger partial charge is 0.112 e. The Morgan fingerprint density at radius 3 is 3.14 bits per heavy atom. The van der Waals surface area contributed by atoms with E-state index in [9.17, 15) is 0 Å². The monoisotopic (exact) mass is 207 g/mol. The molecule has 0 spiro atoms. The van der Waals surface area contributed by atoms with Crippen LogP contribution in [0.3, 0.4) is 0 Å². The summed E-state index contributed by atoms with van der Waals surface area (Å²) in [5, 5.41) is 3.14. The minimum absolute atomic E-state index is 0.710. The minimum Gasteiger partial charge on any atom is -0.347 e. The maximum Gasteiger partial charge on any atom is 0.112 e. The van der Waals surface area contributed by atoms with Gasteiger partial charge in [0.15, 0.2) is 0 Å². The molecule has 4 heteroatoms. The van der Waals surface area contributed by atoms with E-state index >= 15 is 0 Å². The lowest BCUT2D eigenvalue weighted by Crippen LogP contribution is -2.02. The Kier molecular flexibility index (Phi) is 2.96. The zero-order valence-electron chi connectivity index (χ0n) is 7.89. The summed E-state index contributed by atoms with van der Waals surface area (Å²) in [5.74, 6) is 0. The number of hydrogen-bond donors (Lipinski definition) is 1. The van der Waals surface area contributed by atoms with Gasteiger partial charge in [-0.15, -0.1) is 11.3 Å². The Hall–Kier alpha value is -1.13. The Morgan fingerprint density at radius 2 is 2.43 bits per heavy atom. The molecule has 0 fully saturated rings. The molecule has 3 nitrogen and oxygen atoms in total. The number of rotatable bonds is 4. The average molecular weight is 207 g/mol. The van der Waals surface area contributed by atoms with Gasteiger partial charge in [-0.1, -0.05) is 0 Å². The van der Waals surface area contributed by atoms with Crippen LogP contribution in [-0.2, 0) is 13.0 Å². The van der Waals surface area contributed by atoms with Gasteiger partial charge in [-0.05, 0) is 24.6 Å². The molecular weight excluding hydrogens is 194 g/mol. The van der Waals surface area contributed by atoms with Crippen LogP contribution in [0.15, 0.2) is 30.0 Å². The van der Waals surface area contributed by atoms with Crippen molar-refractivity contribution in [1.29, 1.82) is 0 Å². The molecule has 0 aromatic carbocycles. The van der Waals surface area contributed by atoms with Gasteiger partial charge in [0.25, 0.3) is 0 Å². The molecular formula is C10H13N3S. The van der Waals surface area contributed by atoms with Gasteiger partial charge in [-0.2, -0.15) is 0 Å². The molecule has 0 amide bonds. The van der Waals surface area contributed by atoms with Crippen molar-refractivity contribution < 1.29 is 0 Å². The number of thiazole rings is 1. The van der Waals surface area contributed by atoms with Crippen LogP contribution >= 0.6 is 11.3 Å². The molecule has 0 aliphatic heterocycles. The van der Waals surface area contributed by atoms with Crippen molar-refractivity contribution in [2.45, 2.75) is 13.0 Å². The fraction of sp³-hybridized carbons (Fsp3) is 0.300. The van der Waals surface area contributed by atoms with Gasteiger partial charge in [0.05, 0.1) is 6.54 Å². The van der Waals surface area contributed by atoms with Gasteiger partial charge in [0, 0.05) is 24.0 Å². The quantitative estimate of drug-likeness (QED) is 0.825. The maximum atomic E-state index is 5.49. The van der Waals surface area contributed by atoms with E-state index in [-0.39, 0.29) is 0 Å². The number of nitrogens with two attached hydrogens (primary N) is 1. The zero-order chi connectivity index (χ0) is 9.80. The number of aromatic nitrogens is 2. The van der Waals surface area contributed by atoms with Crippen molar-refractivity contribution in [3.63, 3.8) is 0 Å². The summed E-state index contributed by atoms with van der Waals surface area (Å²) in [6, 6.07) is 2.11. The lowest BCUT2D eigenvalue weighted by Gasteiger charge is -1.97. The van der Waals surface area contributed by atoms with Gasteiger partial charge >= 0.3 is 0 Å². The summed E-state index contributed by atoms with van der Waals surface area (Å²) in [7, 11) is 0. The summed E-state index contributed by atoms with van der Waals surface area (Å²) >= 11 is 1.68. The zero-order valence-corrected chi connectivity index (χ0v) is 8.70. The van der Waals surface area contributed by atoms with E-state index in [1.807, 2.05) is 11.6 Å². The molecule has 2 heterocycles. The standard InChI is InChI=1S/C10H13N3S/c11-3-1-9-2-5-13(7-9)8-10-12-4-6-14-10/h2,4-7H,1,3,8,11H2. The molecule has 2 rings (SSSR count). The third-order valence-electron chi connectivity index (χ3n) is 2.05. The Bertz CT molecular complexity index is 378. The molecule has 0 aliphatic rings. The topological polar surface area (TPSA) is 43.8 Å². The molecule has 0 bridgehead atoms. The van der Waals surface area contributed by atoms with Crippen molar-refractivity contribution >= 4 is 11.3 Å². The second-order valence-corrected chi connectivity index (χ2v) is 4.14. The second kappa shape index (κ2) is 4.39. The summed E-state index contributed by atoms with van der Waals surface area (Å²) in [6.45, 7) is 1.57. The summed E-state index contributed by atoms with van der Waals surface area (Å²) in [4.78, 5) is 4.24. The van der Waals surface area contributed by atoms with Crippen LogP contribution in [0.1, 0.15) is 10.6 Å². The van der Waals surface area contributed by atoms with Gasteiger partial charge in [0.1, 0.15) is 5.01 Å². The van der Waals surface area contributed by atoms with Gasteiger partial charge in [-0.25, -0.2) is 4.98 Å². The molecule has 0 aliphatic carbocycles. The summed E-state index contributed by atoms with van der Waals surface area (Å²) in [5.41, 5.74) is 6.78. The predicted octanol–water partition coefficient (Wildman–Crippen LogP) is 1.49. The van der Waals surface area contributed by atoms with Crippen LogP contribution in [0.2, 0.25) is 0 Å².